The van der Waals surface area contributed by atoms with Crippen molar-refractivity contribution in [1.82, 2.24) is 4.98 Å². The van der Waals surface area contributed by atoms with Crippen LogP contribution in [-0.2, 0) is 4.79 Å². The third kappa shape index (κ3) is 4.50. The molecule has 0 saturated carbocycles. The Morgan fingerprint density at radius 3 is 2.14 bits per heavy atom. The van der Waals surface area contributed by atoms with Crippen molar-refractivity contribution >= 4 is 34.1 Å². The van der Waals surface area contributed by atoms with Crippen molar-refractivity contribution in [2.24, 2.45) is 0 Å². The maximum Gasteiger partial charge on any atom is 0.244 e. The lowest BCUT2D eigenvalue weighted by Gasteiger charge is -2.16. The molecule has 1 unspecified atom stereocenters. The van der Waals surface area contributed by atoms with Gasteiger partial charge in [-0.3, -0.25) is 4.79 Å². The molecule has 3 aromatic carbocycles. The highest BCUT2D eigenvalue weighted by Gasteiger charge is 2.23. The smallest absolute Gasteiger partial charge is 0.244 e. The Labute approximate surface area is 172 Å². The Hall–Kier alpha value is -2.89. The maximum absolute atomic E-state index is 13.1. The maximum atomic E-state index is 13.1. The average molecular weight is 403 g/mol. The number of thiazole rings is 1. The van der Waals surface area contributed by atoms with Crippen LogP contribution in [0.15, 0.2) is 101 Å². The Bertz CT molecular complexity index is 1030. The summed E-state index contributed by atoms with van der Waals surface area (Å²) >= 11 is 2.98. The predicted molar refractivity (Wildman–Crippen MR) is 118 cm³/mol. The van der Waals surface area contributed by atoms with Crippen LogP contribution < -0.4 is 5.32 Å². The summed E-state index contributed by atoms with van der Waals surface area (Å²) in [5, 5.41) is 5.22. The van der Waals surface area contributed by atoms with Crippen LogP contribution in [0.3, 0.4) is 0 Å². The Kier molecular flexibility index (Phi) is 5.85. The fraction of sp³-hybridized carbons (Fsp3) is 0.0435. The second-order valence-electron chi connectivity index (χ2n) is 6.11. The summed E-state index contributed by atoms with van der Waals surface area (Å²) in [7, 11) is 0. The third-order valence-corrected chi connectivity index (χ3v) is 6.17. The van der Waals surface area contributed by atoms with E-state index in [1.165, 1.54) is 23.1 Å². The summed E-state index contributed by atoms with van der Waals surface area (Å²) < 4.78 is 0. The van der Waals surface area contributed by atoms with Crippen molar-refractivity contribution in [3.05, 3.63) is 102 Å². The van der Waals surface area contributed by atoms with Gasteiger partial charge in [0.2, 0.25) is 5.91 Å². The van der Waals surface area contributed by atoms with Crippen LogP contribution >= 0.6 is 23.1 Å². The summed E-state index contributed by atoms with van der Waals surface area (Å²) in [5.74, 6) is -0.0750. The second kappa shape index (κ2) is 8.87. The molecule has 4 rings (SSSR count). The first-order valence-corrected chi connectivity index (χ1v) is 10.6. The number of carbonyl (C=O) groups is 1. The largest absolute Gasteiger partial charge is 0.301 e. The monoisotopic (exact) mass is 402 g/mol. The van der Waals surface area contributed by atoms with E-state index in [2.05, 4.69) is 10.3 Å². The van der Waals surface area contributed by atoms with Crippen LogP contribution in [0.5, 0.6) is 0 Å². The van der Waals surface area contributed by atoms with E-state index in [1.807, 2.05) is 96.4 Å². The summed E-state index contributed by atoms with van der Waals surface area (Å²) in [6.45, 7) is 0. The minimum Gasteiger partial charge on any atom is -0.301 e. The average Bonchev–Trinajstić information content (AvgIpc) is 3.22. The number of amides is 1. The summed E-state index contributed by atoms with van der Waals surface area (Å²) in [6.07, 6.45) is 0. The van der Waals surface area contributed by atoms with Crippen LogP contribution in [0.1, 0.15) is 10.8 Å². The van der Waals surface area contributed by atoms with Crippen molar-refractivity contribution < 1.29 is 4.79 Å². The van der Waals surface area contributed by atoms with Gasteiger partial charge in [0.25, 0.3) is 0 Å². The van der Waals surface area contributed by atoms with Crippen molar-refractivity contribution in [2.75, 3.05) is 5.32 Å². The second-order valence-corrected chi connectivity index (χ2v) is 8.15. The van der Waals surface area contributed by atoms with Gasteiger partial charge in [0.05, 0.1) is 5.69 Å². The van der Waals surface area contributed by atoms with Crippen molar-refractivity contribution in [3.8, 4) is 11.3 Å². The van der Waals surface area contributed by atoms with E-state index < -0.39 is 0 Å². The minimum atomic E-state index is -0.354. The Morgan fingerprint density at radius 1 is 0.857 bits per heavy atom. The predicted octanol–water partition coefficient (Wildman–Crippen LogP) is 6.28. The van der Waals surface area contributed by atoms with Gasteiger partial charge in [-0.2, -0.15) is 0 Å². The number of rotatable bonds is 6. The van der Waals surface area contributed by atoms with E-state index >= 15 is 0 Å². The molecule has 5 heteroatoms. The molecule has 1 aromatic heterocycles. The Morgan fingerprint density at radius 2 is 1.46 bits per heavy atom. The molecule has 1 atom stereocenters. The van der Waals surface area contributed by atoms with Gasteiger partial charge in [-0.15, -0.1) is 23.1 Å². The van der Waals surface area contributed by atoms with Gasteiger partial charge in [-0.05, 0) is 17.7 Å². The molecule has 1 N–H and O–H groups in total. The topological polar surface area (TPSA) is 42.0 Å². The van der Waals surface area contributed by atoms with E-state index in [4.69, 9.17) is 0 Å². The van der Waals surface area contributed by atoms with Gasteiger partial charge < -0.3 is 5.32 Å². The molecule has 0 spiro atoms. The van der Waals surface area contributed by atoms with Crippen molar-refractivity contribution in [3.63, 3.8) is 0 Å². The molecule has 138 valence electrons. The zero-order chi connectivity index (χ0) is 19.2. The zero-order valence-electron chi connectivity index (χ0n) is 15.0. The highest BCUT2D eigenvalue weighted by molar-refractivity contribution is 8.00. The van der Waals surface area contributed by atoms with Crippen molar-refractivity contribution in [1.29, 1.82) is 0 Å². The van der Waals surface area contributed by atoms with Gasteiger partial charge in [0, 0.05) is 15.8 Å². The molecule has 0 fully saturated rings. The van der Waals surface area contributed by atoms with Crippen LogP contribution in [0, 0.1) is 0 Å². The van der Waals surface area contributed by atoms with E-state index in [0.29, 0.717) is 5.13 Å². The lowest BCUT2D eigenvalue weighted by Crippen LogP contribution is -2.18. The summed E-state index contributed by atoms with van der Waals surface area (Å²) in [5.41, 5.74) is 2.87. The number of anilines is 1. The fourth-order valence-electron chi connectivity index (χ4n) is 2.78. The van der Waals surface area contributed by atoms with Crippen LogP contribution in [0.2, 0.25) is 0 Å². The molecular formula is C23H18N2OS2. The number of carbonyl (C=O) groups excluding carboxylic acids is 1. The van der Waals surface area contributed by atoms with Crippen LogP contribution in [0.4, 0.5) is 5.13 Å². The Balaban J connectivity index is 1.55. The number of thioether (sulfide) groups is 1. The highest BCUT2D eigenvalue weighted by Crippen LogP contribution is 2.36. The van der Waals surface area contributed by atoms with Gasteiger partial charge in [-0.25, -0.2) is 4.98 Å². The first kappa shape index (κ1) is 18.5. The number of hydrogen-bond acceptors (Lipinski definition) is 4. The SMILES string of the molecule is O=C(Nc1nc(-c2ccccc2)cs1)C(Sc1ccccc1)c1ccccc1. The molecular weight excluding hydrogens is 384 g/mol. The standard InChI is InChI=1S/C23H18N2OS2/c26-22(25-23-24-20(16-27-23)17-10-4-1-5-11-17)21(18-12-6-2-7-13-18)28-19-14-8-3-9-15-19/h1-16,21H,(H,24,25,26). The first-order valence-electron chi connectivity index (χ1n) is 8.88. The lowest BCUT2D eigenvalue weighted by molar-refractivity contribution is -0.115. The quantitative estimate of drug-likeness (QED) is 0.386. The normalized spacial score (nSPS) is 11.7. The molecule has 1 amide bonds. The first-order chi connectivity index (χ1) is 13.8. The molecule has 0 aliphatic carbocycles. The van der Waals surface area contributed by atoms with Gasteiger partial charge in [-0.1, -0.05) is 78.9 Å². The van der Waals surface area contributed by atoms with Gasteiger partial charge in [0.1, 0.15) is 5.25 Å². The molecule has 1 heterocycles. The molecule has 28 heavy (non-hydrogen) atoms. The van der Waals surface area contributed by atoms with E-state index in [0.717, 1.165) is 21.7 Å². The highest BCUT2D eigenvalue weighted by atomic mass is 32.2. The lowest BCUT2D eigenvalue weighted by atomic mass is 10.1. The van der Waals surface area contributed by atoms with Gasteiger partial charge in [0.15, 0.2) is 5.13 Å². The molecule has 0 bridgehead atoms. The fourth-order valence-corrected chi connectivity index (χ4v) is 4.55. The number of hydrogen-bond donors (Lipinski definition) is 1. The van der Waals surface area contributed by atoms with Crippen LogP contribution in [0.25, 0.3) is 11.3 Å². The van der Waals surface area contributed by atoms with Gasteiger partial charge >= 0.3 is 0 Å². The number of nitrogens with zero attached hydrogens (tertiary/aromatic N) is 1. The zero-order valence-corrected chi connectivity index (χ0v) is 16.6. The minimum absolute atomic E-state index is 0.0750. The van der Waals surface area contributed by atoms with E-state index in [9.17, 15) is 4.79 Å². The number of nitrogens with one attached hydrogen (secondary N) is 1. The van der Waals surface area contributed by atoms with E-state index in [1.54, 1.807) is 0 Å². The summed E-state index contributed by atoms with van der Waals surface area (Å²) in [6, 6.07) is 29.8. The molecule has 0 aliphatic heterocycles. The molecule has 0 radical (unpaired) electrons. The third-order valence-electron chi connectivity index (χ3n) is 4.14. The number of aromatic nitrogens is 1. The van der Waals surface area contributed by atoms with Crippen molar-refractivity contribution in [2.45, 2.75) is 10.1 Å². The summed E-state index contributed by atoms with van der Waals surface area (Å²) in [4.78, 5) is 18.7. The molecule has 3 nitrogen and oxygen atoms in total. The molecule has 4 aromatic rings. The van der Waals surface area contributed by atoms with Crippen LogP contribution in [-0.4, -0.2) is 10.9 Å². The van der Waals surface area contributed by atoms with E-state index in [-0.39, 0.29) is 11.2 Å². The molecule has 0 aliphatic rings. The number of benzene rings is 3. The molecule has 0 saturated heterocycles.